The Morgan fingerprint density at radius 1 is 1.62 bits per heavy atom. The third-order valence-electron chi connectivity index (χ3n) is 3.55. The van der Waals surface area contributed by atoms with Crippen molar-refractivity contribution in [3.63, 3.8) is 0 Å². The number of rotatable bonds is 2. The largest absolute Gasteiger partial charge is 0.390 e. The van der Waals surface area contributed by atoms with Crippen molar-refractivity contribution in [2.45, 2.75) is 51.6 Å². The minimum Gasteiger partial charge on any atom is -0.390 e. The first-order chi connectivity index (χ1) is 5.91. The first kappa shape index (κ1) is 9.20. The van der Waals surface area contributed by atoms with E-state index in [4.69, 9.17) is 0 Å². The molecule has 13 heavy (non-hydrogen) atoms. The van der Waals surface area contributed by atoms with Crippen LogP contribution in [0.2, 0.25) is 0 Å². The average Bonchev–Trinajstić information content (AvgIpc) is 2.39. The number of fused-ring (bicyclic) bond motifs is 2. The number of carbonyl (C=O) groups is 1. The van der Waals surface area contributed by atoms with E-state index in [1.165, 1.54) is 6.42 Å². The zero-order valence-electron chi connectivity index (χ0n) is 8.47. The molecule has 0 heterocycles. The molecule has 2 aliphatic rings. The average molecular weight is 182 g/mol. The van der Waals surface area contributed by atoms with Crippen LogP contribution in [0, 0.1) is 11.3 Å². The lowest BCUT2D eigenvalue weighted by Gasteiger charge is -2.31. The van der Waals surface area contributed by atoms with Gasteiger partial charge >= 0.3 is 0 Å². The molecule has 2 heteroatoms. The predicted octanol–water partition coefficient (Wildman–Crippen LogP) is 1.91. The summed E-state index contributed by atoms with van der Waals surface area (Å²) in [6.07, 6.45) is 4.68. The summed E-state index contributed by atoms with van der Waals surface area (Å²) in [7, 11) is 0. The molecule has 0 aliphatic heterocycles. The van der Waals surface area contributed by atoms with E-state index >= 15 is 0 Å². The molecule has 0 amide bonds. The smallest absolute Gasteiger partial charge is 0.139 e. The monoisotopic (exact) mass is 182 g/mol. The fraction of sp³-hybridized carbons (Fsp3) is 0.909. The van der Waals surface area contributed by atoms with Gasteiger partial charge in [0.05, 0.1) is 5.60 Å². The molecule has 0 aromatic heterocycles. The van der Waals surface area contributed by atoms with Crippen molar-refractivity contribution in [2.24, 2.45) is 11.3 Å². The summed E-state index contributed by atoms with van der Waals surface area (Å²) in [5.41, 5.74) is -0.822. The highest BCUT2D eigenvalue weighted by Gasteiger charge is 2.52. The molecule has 1 N–H and O–H groups in total. The summed E-state index contributed by atoms with van der Waals surface area (Å²) in [6.45, 7) is 3.61. The maximum Gasteiger partial charge on any atom is 0.139 e. The quantitative estimate of drug-likeness (QED) is 0.708. The number of aliphatic hydroxyl groups is 1. The van der Waals surface area contributed by atoms with Gasteiger partial charge in [0.25, 0.3) is 0 Å². The normalized spacial score (nSPS) is 38.7. The molecule has 2 nitrogen and oxygen atoms in total. The molecule has 0 spiro atoms. The van der Waals surface area contributed by atoms with E-state index in [9.17, 15) is 9.90 Å². The van der Waals surface area contributed by atoms with Gasteiger partial charge in [0.1, 0.15) is 5.78 Å². The van der Waals surface area contributed by atoms with Crippen molar-refractivity contribution in [3.05, 3.63) is 0 Å². The predicted molar refractivity (Wildman–Crippen MR) is 50.3 cm³/mol. The molecule has 74 valence electrons. The van der Waals surface area contributed by atoms with Crippen molar-refractivity contribution in [2.75, 3.05) is 0 Å². The van der Waals surface area contributed by atoms with Crippen molar-refractivity contribution in [1.29, 1.82) is 0 Å². The van der Waals surface area contributed by atoms with E-state index in [0.717, 1.165) is 19.3 Å². The summed E-state index contributed by atoms with van der Waals surface area (Å²) in [6, 6.07) is 0. The first-order valence-corrected chi connectivity index (χ1v) is 5.17. The van der Waals surface area contributed by atoms with Gasteiger partial charge < -0.3 is 5.11 Å². The Kier molecular flexibility index (Phi) is 1.82. The van der Waals surface area contributed by atoms with Gasteiger partial charge in [-0.25, -0.2) is 0 Å². The molecular weight excluding hydrogens is 164 g/mol. The molecule has 0 aromatic carbocycles. The van der Waals surface area contributed by atoms with E-state index in [2.05, 4.69) is 0 Å². The van der Waals surface area contributed by atoms with E-state index in [1.807, 2.05) is 0 Å². The van der Waals surface area contributed by atoms with E-state index in [-0.39, 0.29) is 5.41 Å². The van der Waals surface area contributed by atoms with Gasteiger partial charge in [0.2, 0.25) is 0 Å². The Bertz CT molecular complexity index is 239. The second kappa shape index (κ2) is 2.57. The highest BCUT2D eigenvalue weighted by Crippen LogP contribution is 2.55. The Balaban J connectivity index is 2.16. The fourth-order valence-corrected chi connectivity index (χ4v) is 3.23. The van der Waals surface area contributed by atoms with Gasteiger partial charge in [0.15, 0.2) is 0 Å². The molecule has 2 atom stereocenters. The maximum atomic E-state index is 11.7. The van der Waals surface area contributed by atoms with E-state index in [0.29, 0.717) is 18.1 Å². The van der Waals surface area contributed by atoms with Crippen molar-refractivity contribution in [1.82, 2.24) is 0 Å². The van der Waals surface area contributed by atoms with Crippen LogP contribution in [0.3, 0.4) is 0 Å². The Hall–Kier alpha value is -0.370. The zero-order chi connectivity index (χ0) is 9.69. The maximum absolute atomic E-state index is 11.7. The van der Waals surface area contributed by atoms with E-state index < -0.39 is 5.60 Å². The van der Waals surface area contributed by atoms with Gasteiger partial charge in [-0.1, -0.05) is 0 Å². The van der Waals surface area contributed by atoms with Crippen molar-refractivity contribution < 1.29 is 9.90 Å². The molecule has 2 fully saturated rings. The Labute approximate surface area is 79.3 Å². The lowest BCUT2D eigenvalue weighted by molar-refractivity contribution is -0.130. The highest BCUT2D eigenvalue weighted by molar-refractivity contribution is 5.88. The number of hydrogen-bond acceptors (Lipinski definition) is 2. The van der Waals surface area contributed by atoms with Gasteiger partial charge in [-0.05, 0) is 45.4 Å². The van der Waals surface area contributed by atoms with Crippen LogP contribution in [0.1, 0.15) is 46.0 Å². The van der Waals surface area contributed by atoms with Crippen molar-refractivity contribution >= 4 is 5.78 Å². The third-order valence-corrected chi connectivity index (χ3v) is 3.55. The molecule has 0 saturated heterocycles. The number of hydrogen-bond donors (Lipinski definition) is 1. The van der Waals surface area contributed by atoms with Gasteiger partial charge in [-0.15, -0.1) is 0 Å². The summed E-state index contributed by atoms with van der Waals surface area (Å²) in [5, 5.41) is 9.76. The van der Waals surface area contributed by atoms with Crippen LogP contribution in [0.5, 0.6) is 0 Å². The second-order valence-corrected chi connectivity index (χ2v) is 5.51. The number of Topliss-reactive ketones (excluding diaryl/α,β-unsaturated/α-hetero) is 1. The minimum absolute atomic E-state index is 0.136. The summed E-state index contributed by atoms with van der Waals surface area (Å²) < 4.78 is 0. The van der Waals surface area contributed by atoms with Crippen LogP contribution in [0.15, 0.2) is 0 Å². The van der Waals surface area contributed by atoms with Crippen LogP contribution in [-0.2, 0) is 4.79 Å². The number of ketones is 1. The molecule has 0 radical (unpaired) electrons. The number of carbonyl (C=O) groups excluding carboxylic acids is 1. The topological polar surface area (TPSA) is 37.3 Å². The standard InChI is InChI=1S/C11H18O2/c1-10(2,13)7-11-4-3-8(6-11)5-9(11)12/h8,13H,3-7H2,1-2H3. The Morgan fingerprint density at radius 3 is 2.69 bits per heavy atom. The first-order valence-electron chi connectivity index (χ1n) is 5.17. The van der Waals surface area contributed by atoms with Gasteiger partial charge in [0, 0.05) is 11.8 Å². The SMILES string of the molecule is CC(C)(O)CC12CCC(CC1=O)C2. The highest BCUT2D eigenvalue weighted by atomic mass is 16.3. The molecule has 2 saturated carbocycles. The second-order valence-electron chi connectivity index (χ2n) is 5.51. The zero-order valence-corrected chi connectivity index (χ0v) is 8.47. The molecule has 2 aliphatic carbocycles. The molecule has 2 rings (SSSR count). The summed E-state index contributed by atoms with van der Waals surface area (Å²) >= 11 is 0. The molecule has 0 aromatic rings. The van der Waals surface area contributed by atoms with Crippen LogP contribution in [0.25, 0.3) is 0 Å². The van der Waals surface area contributed by atoms with Crippen LogP contribution in [-0.4, -0.2) is 16.5 Å². The van der Waals surface area contributed by atoms with Crippen molar-refractivity contribution in [3.8, 4) is 0 Å². The lowest BCUT2D eigenvalue weighted by atomic mass is 9.75. The third kappa shape index (κ3) is 1.52. The fourth-order valence-electron chi connectivity index (χ4n) is 3.23. The van der Waals surface area contributed by atoms with Crippen LogP contribution < -0.4 is 0 Å². The van der Waals surface area contributed by atoms with Gasteiger partial charge in [-0.2, -0.15) is 0 Å². The van der Waals surface area contributed by atoms with E-state index in [1.54, 1.807) is 13.8 Å². The van der Waals surface area contributed by atoms with Crippen LogP contribution >= 0.6 is 0 Å². The Morgan fingerprint density at radius 2 is 2.31 bits per heavy atom. The molecular formula is C11H18O2. The van der Waals surface area contributed by atoms with Crippen LogP contribution in [0.4, 0.5) is 0 Å². The molecule has 2 unspecified atom stereocenters. The molecule has 2 bridgehead atoms. The summed E-state index contributed by atoms with van der Waals surface area (Å²) in [4.78, 5) is 11.7. The lowest BCUT2D eigenvalue weighted by Crippen LogP contribution is -2.34. The minimum atomic E-state index is -0.686. The summed E-state index contributed by atoms with van der Waals surface area (Å²) in [5.74, 6) is 1.04. The van der Waals surface area contributed by atoms with Gasteiger partial charge in [-0.3, -0.25) is 4.79 Å².